The Morgan fingerprint density at radius 2 is 1.32 bits per heavy atom. The molecule has 0 saturated heterocycles. The van der Waals surface area contributed by atoms with Crippen LogP contribution in [0.4, 0.5) is 27.9 Å². The largest absolute Gasteiger partial charge is 1.00 e. The van der Waals surface area contributed by atoms with Gasteiger partial charge in [-0.05, 0) is 0 Å². The van der Waals surface area contributed by atoms with E-state index in [0.717, 1.165) is 0 Å². The topological polar surface area (TPSA) is 50.7 Å². The van der Waals surface area contributed by atoms with Crippen LogP contribution < -0.4 is 64.4 Å². The van der Waals surface area contributed by atoms with Crippen LogP contribution in [0.2, 0.25) is 0 Å². The maximum atomic E-state index is 12.5. The van der Waals surface area contributed by atoms with E-state index in [1.807, 2.05) is 0 Å². The molecular weight excluding hydrogens is 333 g/mol. The van der Waals surface area contributed by atoms with E-state index in [2.05, 4.69) is 40.2 Å². The molecule has 1 rings (SSSR count). The Morgan fingerprint density at radius 3 is 1.68 bits per heavy atom. The van der Waals surface area contributed by atoms with Crippen LogP contribution in [0.3, 0.4) is 0 Å². The zero-order valence-electron chi connectivity index (χ0n) is 9.76. The molecule has 1 aromatic heterocycles. The summed E-state index contributed by atoms with van der Waals surface area (Å²) in [4.78, 5) is 10.1. The molecular formula is C6H3F5N4Na2S2. The SMILES string of the molecule is FC(F)(F)C(F)(F)CNc1nc([S-])nc([S-])n1.[Na+].[Na+]. The monoisotopic (exact) mass is 336 g/mol. The van der Waals surface area contributed by atoms with E-state index >= 15 is 0 Å². The summed E-state index contributed by atoms with van der Waals surface area (Å²) >= 11 is 8.98. The molecule has 4 nitrogen and oxygen atoms in total. The summed E-state index contributed by atoms with van der Waals surface area (Å²) in [5.41, 5.74) is 0. The van der Waals surface area contributed by atoms with Crippen molar-refractivity contribution < 1.29 is 81.1 Å². The van der Waals surface area contributed by atoms with E-state index < -0.39 is 24.6 Å². The fourth-order valence-electron chi connectivity index (χ4n) is 0.707. The van der Waals surface area contributed by atoms with E-state index in [1.165, 1.54) is 0 Å². The Morgan fingerprint density at radius 1 is 0.895 bits per heavy atom. The molecule has 0 bridgehead atoms. The van der Waals surface area contributed by atoms with Gasteiger partial charge in [0.05, 0.1) is 6.54 Å². The Balaban J connectivity index is 0. The first kappa shape index (κ1) is 22.2. The summed E-state index contributed by atoms with van der Waals surface area (Å²) < 4.78 is 60.4. The molecule has 1 heterocycles. The molecule has 0 radical (unpaired) electrons. The first-order chi connectivity index (χ1) is 7.62. The van der Waals surface area contributed by atoms with E-state index in [9.17, 15) is 22.0 Å². The van der Waals surface area contributed by atoms with Crippen LogP contribution in [0, 0.1) is 0 Å². The normalized spacial score (nSPS) is 11.2. The summed E-state index contributed by atoms with van der Waals surface area (Å²) in [5, 5.41) is 1.13. The van der Waals surface area contributed by atoms with Crippen molar-refractivity contribution in [2.75, 3.05) is 11.9 Å². The average molecular weight is 336 g/mol. The summed E-state index contributed by atoms with van der Waals surface area (Å²) in [7, 11) is 0. The number of alkyl halides is 5. The Labute approximate surface area is 160 Å². The number of halogens is 5. The van der Waals surface area contributed by atoms with Gasteiger partial charge >= 0.3 is 71.2 Å². The molecule has 1 N–H and O–H groups in total. The van der Waals surface area contributed by atoms with Crippen LogP contribution in [0.25, 0.3) is 0 Å². The van der Waals surface area contributed by atoms with Gasteiger partial charge in [0.2, 0.25) is 5.95 Å². The van der Waals surface area contributed by atoms with Crippen molar-refractivity contribution in [3.63, 3.8) is 0 Å². The summed E-state index contributed by atoms with van der Waals surface area (Å²) in [6.07, 6.45) is -5.65. The maximum Gasteiger partial charge on any atom is 1.00 e. The molecule has 0 aromatic carbocycles. The van der Waals surface area contributed by atoms with Crippen LogP contribution in [0.15, 0.2) is 10.3 Å². The van der Waals surface area contributed by atoms with E-state index in [0.29, 0.717) is 0 Å². The fraction of sp³-hybridized carbons (Fsp3) is 0.500. The van der Waals surface area contributed by atoms with Crippen molar-refractivity contribution >= 4 is 31.2 Å². The maximum absolute atomic E-state index is 12.5. The van der Waals surface area contributed by atoms with Gasteiger partial charge in [0.25, 0.3) is 0 Å². The molecule has 1 aromatic rings. The Bertz CT molecular complexity index is 399. The van der Waals surface area contributed by atoms with E-state index in [4.69, 9.17) is 0 Å². The number of nitrogens with one attached hydrogen (secondary N) is 1. The molecule has 0 aliphatic heterocycles. The molecule has 0 fully saturated rings. The smallest absolute Gasteiger partial charge is 0.740 e. The minimum Gasteiger partial charge on any atom is -0.740 e. The van der Waals surface area contributed by atoms with Gasteiger partial charge in [0, 0.05) is 10.3 Å². The van der Waals surface area contributed by atoms with Gasteiger partial charge in [-0.3, -0.25) is 4.98 Å². The number of hydrogen-bond donors (Lipinski definition) is 1. The molecule has 0 saturated carbocycles. The third-order valence-electron chi connectivity index (χ3n) is 1.48. The predicted octanol–water partition coefficient (Wildman–Crippen LogP) is -4.70. The van der Waals surface area contributed by atoms with Gasteiger partial charge in [-0.1, -0.05) is 0 Å². The van der Waals surface area contributed by atoms with Crippen molar-refractivity contribution in [3.8, 4) is 0 Å². The molecule has 0 spiro atoms. The minimum atomic E-state index is -5.65. The fourth-order valence-corrected chi connectivity index (χ4v) is 1.11. The zero-order chi connectivity index (χ0) is 13.3. The molecule has 0 unspecified atom stereocenters. The zero-order valence-corrected chi connectivity index (χ0v) is 15.4. The van der Waals surface area contributed by atoms with Gasteiger partial charge < -0.3 is 30.6 Å². The van der Waals surface area contributed by atoms with Crippen molar-refractivity contribution in [1.82, 2.24) is 15.0 Å². The van der Waals surface area contributed by atoms with Crippen molar-refractivity contribution in [2.24, 2.45) is 0 Å². The molecule has 0 atom stereocenters. The summed E-state index contributed by atoms with van der Waals surface area (Å²) in [5.74, 6) is -5.41. The van der Waals surface area contributed by atoms with Gasteiger partial charge in [-0.15, -0.1) is 0 Å². The average Bonchev–Trinajstić information content (AvgIpc) is 2.11. The van der Waals surface area contributed by atoms with Gasteiger partial charge in [-0.25, -0.2) is 9.97 Å². The number of nitrogens with zero attached hydrogens (tertiary/aromatic N) is 3. The quantitative estimate of drug-likeness (QED) is 0.340. The number of aromatic nitrogens is 3. The van der Waals surface area contributed by atoms with Crippen LogP contribution in [-0.2, 0) is 25.3 Å². The Kier molecular flexibility index (Phi) is 9.77. The first-order valence-corrected chi connectivity index (χ1v) is 4.72. The number of hydrogen-bond acceptors (Lipinski definition) is 6. The third kappa shape index (κ3) is 6.93. The number of rotatable bonds is 3. The van der Waals surface area contributed by atoms with Crippen LogP contribution in [0.1, 0.15) is 0 Å². The van der Waals surface area contributed by atoms with Gasteiger partial charge in [0.1, 0.15) is 0 Å². The van der Waals surface area contributed by atoms with Crippen molar-refractivity contribution in [3.05, 3.63) is 0 Å². The third-order valence-corrected chi connectivity index (χ3v) is 1.84. The standard InChI is InChI=1S/C6H5F5N4S2.2Na/c7-5(8,6(9,10)11)1-12-2-13-3(16)15-4(17)14-2;;/h1H2,(H3,12,13,14,15,16,17);;/q;2*+1/p-2. The molecule has 0 amide bonds. The molecule has 0 aliphatic carbocycles. The van der Waals surface area contributed by atoms with Crippen molar-refractivity contribution in [1.29, 1.82) is 0 Å². The second-order valence-corrected chi connectivity index (χ2v) is 3.51. The van der Waals surface area contributed by atoms with Gasteiger partial charge in [-0.2, -0.15) is 22.0 Å². The van der Waals surface area contributed by atoms with Crippen LogP contribution in [0.5, 0.6) is 0 Å². The van der Waals surface area contributed by atoms with Gasteiger partial charge in [0.15, 0.2) is 0 Å². The van der Waals surface area contributed by atoms with Crippen molar-refractivity contribution in [2.45, 2.75) is 22.4 Å². The first-order valence-electron chi connectivity index (χ1n) is 3.90. The minimum absolute atomic E-state index is 0. The molecule has 13 heteroatoms. The molecule has 0 aliphatic rings. The van der Waals surface area contributed by atoms with E-state index in [-0.39, 0.29) is 69.4 Å². The molecule has 96 valence electrons. The predicted molar refractivity (Wildman–Crippen MR) is 50.6 cm³/mol. The van der Waals surface area contributed by atoms with Crippen LogP contribution >= 0.6 is 0 Å². The molecule has 19 heavy (non-hydrogen) atoms. The second-order valence-electron chi connectivity index (χ2n) is 2.78. The second kappa shape index (κ2) is 8.37. The number of anilines is 1. The van der Waals surface area contributed by atoms with E-state index in [1.54, 1.807) is 5.32 Å². The van der Waals surface area contributed by atoms with Crippen LogP contribution in [-0.4, -0.2) is 33.6 Å². The Hall–Kier alpha value is 0.900. The summed E-state index contributed by atoms with van der Waals surface area (Å²) in [6.45, 7) is -1.70. The summed E-state index contributed by atoms with van der Waals surface area (Å²) in [6, 6.07) is 0.